The number of epoxide rings is 1. The number of benzene rings is 2. The Morgan fingerprint density at radius 2 is 1.56 bits per heavy atom. The fourth-order valence-electron chi connectivity index (χ4n) is 3.63. The van der Waals surface area contributed by atoms with Crippen molar-refractivity contribution in [3.05, 3.63) is 73.3 Å². The van der Waals surface area contributed by atoms with Crippen LogP contribution in [0, 0.1) is 0 Å². The van der Waals surface area contributed by atoms with Gasteiger partial charge >= 0.3 is 0 Å². The van der Waals surface area contributed by atoms with E-state index in [9.17, 15) is 0 Å². The van der Waals surface area contributed by atoms with Gasteiger partial charge < -0.3 is 9.16 Å². The smallest absolute Gasteiger partial charge is 0.261 e. The molecule has 25 heavy (non-hydrogen) atoms. The maximum absolute atomic E-state index is 7.08. The molecular formula is C22H28O2Si. The van der Waals surface area contributed by atoms with Crippen LogP contribution in [0.2, 0.25) is 5.04 Å². The predicted octanol–water partition coefficient (Wildman–Crippen LogP) is 3.91. The average Bonchev–Trinajstić information content (AvgIpc) is 3.44. The quantitative estimate of drug-likeness (QED) is 0.428. The van der Waals surface area contributed by atoms with E-state index in [4.69, 9.17) is 9.16 Å². The van der Waals surface area contributed by atoms with E-state index in [1.165, 1.54) is 10.4 Å². The lowest BCUT2D eigenvalue weighted by atomic mass is 10.2. The fraction of sp³-hybridized carbons (Fsp3) is 0.364. The first-order valence-corrected chi connectivity index (χ1v) is 10.9. The lowest BCUT2D eigenvalue weighted by Crippen LogP contribution is -2.68. The van der Waals surface area contributed by atoms with Crippen LogP contribution in [0.5, 0.6) is 0 Å². The van der Waals surface area contributed by atoms with Crippen molar-refractivity contribution in [1.82, 2.24) is 0 Å². The molecule has 3 heteroatoms. The number of ether oxygens (including phenoxy) is 1. The van der Waals surface area contributed by atoms with Crippen LogP contribution in [0.4, 0.5) is 0 Å². The summed E-state index contributed by atoms with van der Waals surface area (Å²) in [6.45, 7) is 11.6. The van der Waals surface area contributed by atoms with Gasteiger partial charge in [0.05, 0.1) is 12.7 Å². The Morgan fingerprint density at radius 3 is 1.92 bits per heavy atom. The van der Waals surface area contributed by atoms with Crippen molar-refractivity contribution in [2.24, 2.45) is 0 Å². The summed E-state index contributed by atoms with van der Waals surface area (Å²) in [5.41, 5.74) is 0. The van der Waals surface area contributed by atoms with Gasteiger partial charge in [0.25, 0.3) is 8.32 Å². The molecule has 3 rings (SSSR count). The minimum atomic E-state index is -2.50. The van der Waals surface area contributed by atoms with Crippen LogP contribution in [-0.2, 0) is 9.16 Å². The molecule has 2 aromatic rings. The highest BCUT2D eigenvalue weighted by Gasteiger charge is 2.53. The van der Waals surface area contributed by atoms with E-state index in [0.717, 1.165) is 13.0 Å². The molecule has 0 aliphatic carbocycles. The van der Waals surface area contributed by atoms with Crippen molar-refractivity contribution < 1.29 is 9.16 Å². The molecule has 2 nitrogen and oxygen atoms in total. The first-order chi connectivity index (χ1) is 12.0. The predicted molar refractivity (Wildman–Crippen MR) is 107 cm³/mol. The topological polar surface area (TPSA) is 21.8 Å². The molecule has 0 unspecified atom stereocenters. The zero-order valence-corrected chi connectivity index (χ0v) is 16.4. The molecule has 1 aliphatic heterocycles. The van der Waals surface area contributed by atoms with Crippen molar-refractivity contribution in [1.29, 1.82) is 0 Å². The van der Waals surface area contributed by atoms with Gasteiger partial charge in [-0.05, 0) is 21.8 Å². The molecule has 0 aromatic heterocycles. The third-order valence-electron chi connectivity index (χ3n) is 4.92. The second-order valence-electron chi connectivity index (χ2n) is 7.72. The van der Waals surface area contributed by atoms with E-state index in [0.29, 0.717) is 0 Å². The van der Waals surface area contributed by atoms with Crippen LogP contribution < -0.4 is 10.4 Å². The maximum Gasteiger partial charge on any atom is 0.261 e. The SMILES string of the molecule is C=CC[C@H](O[Si](c1ccccc1)(c1ccccc1)C(C)(C)C)[C@@H]1CO1. The molecule has 1 fully saturated rings. The molecule has 1 heterocycles. The van der Waals surface area contributed by atoms with Gasteiger partial charge in [-0.15, -0.1) is 6.58 Å². The van der Waals surface area contributed by atoms with Gasteiger partial charge in [0.2, 0.25) is 0 Å². The lowest BCUT2D eigenvalue weighted by molar-refractivity contribution is 0.150. The summed E-state index contributed by atoms with van der Waals surface area (Å²) < 4.78 is 12.7. The summed E-state index contributed by atoms with van der Waals surface area (Å²) in [6, 6.07) is 21.5. The third kappa shape index (κ3) is 3.64. The summed E-state index contributed by atoms with van der Waals surface area (Å²) in [5, 5.41) is 2.61. The molecule has 2 aromatic carbocycles. The second kappa shape index (κ2) is 7.28. The van der Waals surface area contributed by atoms with Gasteiger partial charge in [0, 0.05) is 0 Å². The highest BCUT2D eigenvalue weighted by Crippen LogP contribution is 2.39. The number of hydrogen-bond donors (Lipinski definition) is 0. The van der Waals surface area contributed by atoms with E-state index >= 15 is 0 Å². The van der Waals surface area contributed by atoms with E-state index in [2.05, 4.69) is 88.0 Å². The molecule has 0 bridgehead atoms. The number of hydrogen-bond acceptors (Lipinski definition) is 2. The summed E-state index contributed by atoms with van der Waals surface area (Å²) in [4.78, 5) is 0. The zero-order chi connectivity index (χ0) is 17.9. The summed E-state index contributed by atoms with van der Waals surface area (Å²) in [5.74, 6) is 0. The summed E-state index contributed by atoms with van der Waals surface area (Å²) in [7, 11) is -2.50. The maximum atomic E-state index is 7.08. The van der Waals surface area contributed by atoms with Crippen molar-refractivity contribution in [2.45, 2.75) is 44.4 Å². The normalized spacial score (nSPS) is 18.6. The van der Waals surface area contributed by atoms with E-state index in [-0.39, 0.29) is 17.2 Å². The Hall–Kier alpha value is -1.68. The minimum absolute atomic E-state index is 0.00990. The lowest BCUT2D eigenvalue weighted by Gasteiger charge is -2.45. The summed E-state index contributed by atoms with van der Waals surface area (Å²) in [6.07, 6.45) is 3.02. The van der Waals surface area contributed by atoms with E-state index in [1.54, 1.807) is 0 Å². The van der Waals surface area contributed by atoms with Gasteiger partial charge in [-0.2, -0.15) is 0 Å². The molecule has 132 valence electrons. The molecule has 1 aliphatic rings. The van der Waals surface area contributed by atoms with Crippen LogP contribution in [0.15, 0.2) is 73.3 Å². The Bertz CT molecular complexity index is 647. The third-order valence-corrected chi connectivity index (χ3v) is 9.98. The molecule has 0 spiro atoms. The molecule has 2 atom stereocenters. The first-order valence-electron chi connectivity index (χ1n) is 9.00. The Morgan fingerprint density at radius 1 is 1.08 bits per heavy atom. The highest BCUT2D eigenvalue weighted by molar-refractivity contribution is 6.99. The van der Waals surface area contributed by atoms with E-state index in [1.807, 2.05) is 6.08 Å². The van der Waals surface area contributed by atoms with Crippen molar-refractivity contribution in [2.75, 3.05) is 6.61 Å². The monoisotopic (exact) mass is 352 g/mol. The van der Waals surface area contributed by atoms with Crippen molar-refractivity contribution >= 4 is 18.7 Å². The molecular weight excluding hydrogens is 324 g/mol. The van der Waals surface area contributed by atoms with Gasteiger partial charge in [-0.25, -0.2) is 0 Å². The summed E-state index contributed by atoms with van der Waals surface area (Å²) >= 11 is 0. The number of rotatable bonds is 7. The molecule has 0 N–H and O–H groups in total. The van der Waals surface area contributed by atoms with Crippen molar-refractivity contribution in [3.63, 3.8) is 0 Å². The van der Waals surface area contributed by atoms with Crippen molar-refractivity contribution in [3.8, 4) is 0 Å². The largest absolute Gasteiger partial charge is 0.401 e. The van der Waals surface area contributed by atoms with E-state index < -0.39 is 8.32 Å². The zero-order valence-electron chi connectivity index (χ0n) is 15.4. The Balaban J connectivity index is 2.16. The molecule has 0 radical (unpaired) electrons. The fourth-order valence-corrected chi connectivity index (χ4v) is 8.35. The van der Waals surface area contributed by atoms with Crippen LogP contribution >= 0.6 is 0 Å². The van der Waals surface area contributed by atoms with Crippen LogP contribution in [-0.4, -0.2) is 27.1 Å². The Kier molecular flexibility index (Phi) is 5.28. The van der Waals surface area contributed by atoms with Gasteiger partial charge in [0.1, 0.15) is 6.10 Å². The first kappa shape index (κ1) is 18.1. The van der Waals surface area contributed by atoms with Crippen LogP contribution in [0.3, 0.4) is 0 Å². The highest BCUT2D eigenvalue weighted by atomic mass is 28.4. The molecule has 1 saturated heterocycles. The van der Waals surface area contributed by atoms with Gasteiger partial charge in [-0.1, -0.05) is 87.5 Å². The Labute approximate surface area is 152 Å². The minimum Gasteiger partial charge on any atom is -0.401 e. The van der Waals surface area contributed by atoms with Gasteiger partial charge in [-0.3, -0.25) is 0 Å². The standard InChI is InChI=1S/C22H28O2Si/c1-5-12-20(21-17-23-21)24-25(22(2,3)4,18-13-8-6-9-14-18)19-15-10-7-11-16-19/h5-11,13-16,20-21H,1,12,17H2,2-4H3/t20-,21-/m0/s1. The average molecular weight is 353 g/mol. The van der Waals surface area contributed by atoms with Gasteiger partial charge in [0.15, 0.2) is 0 Å². The second-order valence-corrected chi connectivity index (χ2v) is 12.0. The van der Waals surface area contributed by atoms with Crippen LogP contribution in [0.1, 0.15) is 27.2 Å². The molecule has 0 saturated carbocycles. The van der Waals surface area contributed by atoms with Crippen LogP contribution in [0.25, 0.3) is 0 Å². The molecule has 0 amide bonds.